The molecule has 28 heavy (non-hydrogen) atoms. The molecule has 1 amide bonds. The molecule has 2 aromatic rings. The number of carboxylic acid groups (broad SMARTS) is 1. The molecule has 150 valence electrons. The third-order valence-electron chi connectivity index (χ3n) is 4.44. The van der Waals surface area contributed by atoms with E-state index in [2.05, 4.69) is 26.1 Å². The van der Waals surface area contributed by atoms with Crippen LogP contribution in [-0.2, 0) is 10.2 Å². The van der Waals surface area contributed by atoms with Gasteiger partial charge in [0.25, 0.3) is 5.91 Å². The van der Waals surface area contributed by atoms with E-state index in [1.807, 2.05) is 19.1 Å². The predicted octanol–water partition coefficient (Wildman–Crippen LogP) is 3.38. The number of hydrogen-bond donors (Lipinski definition) is 1. The first kappa shape index (κ1) is 21.5. The van der Waals surface area contributed by atoms with E-state index in [4.69, 9.17) is 4.74 Å². The van der Waals surface area contributed by atoms with Gasteiger partial charge >= 0.3 is 0 Å². The molecule has 5 nitrogen and oxygen atoms in total. The number of carbonyl (C=O) groups excluding carboxylic acids is 2. The fourth-order valence-electron chi connectivity index (χ4n) is 2.80. The Kier molecular flexibility index (Phi) is 7.21. The summed E-state index contributed by atoms with van der Waals surface area (Å²) in [5.74, 6) is -0.834. The van der Waals surface area contributed by atoms with Crippen LogP contribution >= 0.6 is 0 Å². The highest BCUT2D eigenvalue weighted by atomic mass is 16.5. The van der Waals surface area contributed by atoms with Gasteiger partial charge in [-0.25, -0.2) is 0 Å². The predicted molar refractivity (Wildman–Crippen MR) is 107 cm³/mol. The minimum atomic E-state index is -1.22. The summed E-state index contributed by atoms with van der Waals surface area (Å²) in [6, 6.07) is 13.8. The summed E-state index contributed by atoms with van der Waals surface area (Å²) in [5, 5.41) is 14.0. The van der Waals surface area contributed by atoms with Crippen molar-refractivity contribution in [3.05, 3.63) is 65.2 Å². The second kappa shape index (κ2) is 9.40. The minimum absolute atomic E-state index is 0.00584. The van der Waals surface area contributed by atoms with Crippen LogP contribution in [0.15, 0.2) is 48.5 Å². The number of carbonyl (C=O) groups is 2. The van der Waals surface area contributed by atoms with E-state index < -0.39 is 12.0 Å². The number of amides is 1. The van der Waals surface area contributed by atoms with Crippen molar-refractivity contribution in [2.45, 2.75) is 52.0 Å². The van der Waals surface area contributed by atoms with Crippen LogP contribution in [0.3, 0.4) is 0 Å². The van der Waals surface area contributed by atoms with Crippen LogP contribution in [0.2, 0.25) is 0 Å². The first-order chi connectivity index (χ1) is 13.2. The van der Waals surface area contributed by atoms with Gasteiger partial charge in [-0.1, -0.05) is 52.0 Å². The molecule has 0 unspecified atom stereocenters. The molecular weight excluding hydrogens is 354 g/mol. The topological polar surface area (TPSA) is 78.5 Å². The Bertz CT molecular complexity index is 789. The van der Waals surface area contributed by atoms with Crippen molar-refractivity contribution < 1.29 is 19.4 Å². The van der Waals surface area contributed by atoms with Gasteiger partial charge in [-0.05, 0) is 47.2 Å². The highest BCUT2D eigenvalue weighted by Crippen LogP contribution is 2.24. The molecule has 0 bridgehead atoms. The second-order valence-electron chi connectivity index (χ2n) is 7.85. The van der Waals surface area contributed by atoms with Crippen LogP contribution in [0.4, 0.5) is 0 Å². The Labute approximate surface area is 166 Å². The van der Waals surface area contributed by atoms with Crippen molar-refractivity contribution in [2.24, 2.45) is 0 Å². The quantitative estimate of drug-likeness (QED) is 0.759. The first-order valence-electron chi connectivity index (χ1n) is 9.54. The molecule has 0 aliphatic heterocycles. The zero-order valence-corrected chi connectivity index (χ0v) is 17.0. The zero-order valence-electron chi connectivity index (χ0n) is 17.0. The average molecular weight is 382 g/mol. The van der Waals surface area contributed by atoms with Crippen molar-refractivity contribution in [1.82, 2.24) is 5.32 Å². The normalized spacial score (nSPS) is 12.3. The van der Waals surface area contributed by atoms with Gasteiger partial charge in [0.2, 0.25) is 0 Å². The summed E-state index contributed by atoms with van der Waals surface area (Å²) in [4.78, 5) is 23.8. The number of nitrogens with one attached hydrogen (secondary N) is 1. The SMILES string of the molecule is CCCOc1ccc([C@H](CC(=O)[O-])NC(=O)c2ccc(C(C)(C)C)cc2)cc1. The number of hydrogen-bond acceptors (Lipinski definition) is 4. The minimum Gasteiger partial charge on any atom is -0.550 e. The number of benzene rings is 2. The third kappa shape index (κ3) is 6.12. The summed E-state index contributed by atoms with van der Waals surface area (Å²) in [5.41, 5.74) is 2.29. The average Bonchev–Trinajstić information content (AvgIpc) is 2.65. The molecule has 0 aromatic heterocycles. The molecule has 2 aromatic carbocycles. The van der Waals surface area contributed by atoms with Gasteiger partial charge in [0.15, 0.2) is 0 Å². The number of rotatable bonds is 8. The van der Waals surface area contributed by atoms with E-state index in [1.54, 1.807) is 36.4 Å². The van der Waals surface area contributed by atoms with E-state index in [0.717, 1.165) is 12.0 Å². The molecule has 0 aliphatic rings. The highest BCUT2D eigenvalue weighted by molar-refractivity contribution is 5.94. The molecule has 0 radical (unpaired) electrons. The first-order valence-corrected chi connectivity index (χ1v) is 9.54. The Morgan fingerprint density at radius 1 is 1.04 bits per heavy atom. The van der Waals surface area contributed by atoms with Crippen molar-refractivity contribution in [2.75, 3.05) is 6.61 Å². The number of aliphatic carboxylic acids is 1. The van der Waals surface area contributed by atoms with E-state index in [-0.39, 0.29) is 17.7 Å². The molecular formula is C23H28NO4-. The van der Waals surface area contributed by atoms with Crippen molar-refractivity contribution in [3.63, 3.8) is 0 Å². The largest absolute Gasteiger partial charge is 0.550 e. The Hall–Kier alpha value is -2.82. The second-order valence-corrected chi connectivity index (χ2v) is 7.85. The molecule has 0 aliphatic carbocycles. The Morgan fingerprint density at radius 3 is 2.14 bits per heavy atom. The van der Waals surface area contributed by atoms with Gasteiger partial charge in [0.05, 0.1) is 12.6 Å². The maximum atomic E-state index is 12.6. The van der Waals surface area contributed by atoms with Gasteiger partial charge in [-0.15, -0.1) is 0 Å². The van der Waals surface area contributed by atoms with Crippen molar-refractivity contribution in [1.29, 1.82) is 0 Å². The van der Waals surface area contributed by atoms with Gasteiger partial charge < -0.3 is 20.0 Å². The molecule has 5 heteroatoms. The van der Waals surface area contributed by atoms with Crippen LogP contribution in [0.5, 0.6) is 5.75 Å². The zero-order chi connectivity index (χ0) is 20.7. The van der Waals surface area contributed by atoms with Crippen LogP contribution in [0.1, 0.15) is 68.1 Å². The third-order valence-corrected chi connectivity index (χ3v) is 4.44. The van der Waals surface area contributed by atoms with Gasteiger partial charge in [-0.2, -0.15) is 0 Å². The molecule has 0 saturated carbocycles. The Balaban J connectivity index is 2.15. The maximum absolute atomic E-state index is 12.6. The van der Waals surface area contributed by atoms with Crippen molar-refractivity contribution in [3.8, 4) is 5.75 Å². The maximum Gasteiger partial charge on any atom is 0.251 e. The van der Waals surface area contributed by atoms with E-state index in [0.29, 0.717) is 23.5 Å². The lowest BCUT2D eigenvalue weighted by atomic mass is 9.86. The smallest absolute Gasteiger partial charge is 0.251 e. The summed E-state index contributed by atoms with van der Waals surface area (Å²) in [6.45, 7) is 8.94. The summed E-state index contributed by atoms with van der Waals surface area (Å²) in [6.07, 6.45) is 0.597. The molecule has 0 heterocycles. The van der Waals surface area contributed by atoms with Crippen LogP contribution in [0.25, 0.3) is 0 Å². The van der Waals surface area contributed by atoms with E-state index >= 15 is 0 Å². The monoisotopic (exact) mass is 382 g/mol. The number of carboxylic acids is 1. The van der Waals surface area contributed by atoms with Crippen molar-refractivity contribution >= 4 is 11.9 Å². The standard InChI is InChI=1S/C23H29NO4/c1-5-14-28-19-12-8-16(9-13-19)20(15-21(25)26)24-22(27)17-6-10-18(11-7-17)23(2,3)4/h6-13,20H,5,14-15H2,1-4H3,(H,24,27)(H,25,26)/p-1/t20-/m0/s1. The van der Waals surface area contributed by atoms with E-state index in [9.17, 15) is 14.7 Å². The van der Waals surface area contributed by atoms with Gasteiger partial charge in [0, 0.05) is 18.0 Å². The Morgan fingerprint density at radius 2 is 1.64 bits per heavy atom. The molecule has 1 N–H and O–H groups in total. The van der Waals surface area contributed by atoms with Gasteiger partial charge in [-0.3, -0.25) is 4.79 Å². The molecule has 2 rings (SSSR count). The lowest BCUT2D eigenvalue weighted by Crippen LogP contribution is -2.34. The summed E-state index contributed by atoms with van der Waals surface area (Å²) < 4.78 is 5.54. The molecule has 0 fully saturated rings. The summed E-state index contributed by atoms with van der Waals surface area (Å²) >= 11 is 0. The molecule has 1 atom stereocenters. The van der Waals surface area contributed by atoms with Crippen LogP contribution in [-0.4, -0.2) is 18.5 Å². The highest BCUT2D eigenvalue weighted by Gasteiger charge is 2.18. The lowest BCUT2D eigenvalue weighted by molar-refractivity contribution is -0.306. The lowest BCUT2D eigenvalue weighted by Gasteiger charge is -2.21. The van der Waals surface area contributed by atoms with E-state index in [1.165, 1.54) is 0 Å². The molecule has 0 spiro atoms. The number of ether oxygens (including phenoxy) is 1. The fraction of sp³-hybridized carbons (Fsp3) is 0.391. The van der Waals surface area contributed by atoms with Crippen LogP contribution < -0.4 is 15.2 Å². The van der Waals surface area contributed by atoms with Gasteiger partial charge in [0.1, 0.15) is 5.75 Å². The van der Waals surface area contributed by atoms with Crippen LogP contribution in [0, 0.1) is 0 Å². The summed E-state index contributed by atoms with van der Waals surface area (Å²) in [7, 11) is 0. The fourth-order valence-corrected chi connectivity index (χ4v) is 2.80. The molecule has 0 saturated heterocycles.